The van der Waals surface area contributed by atoms with Crippen LogP contribution in [0.25, 0.3) is 0 Å². The summed E-state index contributed by atoms with van der Waals surface area (Å²) in [5.74, 6) is 2.28. The Morgan fingerprint density at radius 3 is 1.94 bits per heavy atom. The van der Waals surface area contributed by atoms with Crippen molar-refractivity contribution >= 4 is 0 Å². The third-order valence-corrected chi connectivity index (χ3v) is 3.13. The van der Waals surface area contributed by atoms with E-state index in [0.29, 0.717) is 6.04 Å². The van der Waals surface area contributed by atoms with Crippen molar-refractivity contribution in [1.29, 1.82) is 0 Å². The molecule has 0 amide bonds. The number of nitrogens with one attached hydrogen (secondary N) is 1. The molecule has 1 atom stereocenters. The Hall–Kier alpha value is -0.0800. The Morgan fingerprint density at radius 1 is 0.833 bits per heavy atom. The van der Waals surface area contributed by atoms with Crippen LogP contribution in [0.1, 0.15) is 60.8 Å². The van der Waals surface area contributed by atoms with Crippen molar-refractivity contribution in [2.75, 3.05) is 19.8 Å². The van der Waals surface area contributed by atoms with Gasteiger partial charge >= 0.3 is 0 Å². The molecular weight excluding hydrogens is 222 g/mol. The van der Waals surface area contributed by atoms with E-state index in [-0.39, 0.29) is 0 Å². The first-order valence-electron chi connectivity index (χ1n) is 7.72. The fraction of sp³-hybridized carbons (Fsp3) is 1.00. The molecule has 110 valence electrons. The summed E-state index contributed by atoms with van der Waals surface area (Å²) in [4.78, 5) is 0. The standard InChI is InChI=1S/C16H35NO/c1-13(2)7-9-18-10-8-16(11-14(3)4)12-17-15(5)6/h13-17H,7-12H2,1-6H3. The van der Waals surface area contributed by atoms with Gasteiger partial charge in [-0.2, -0.15) is 0 Å². The largest absolute Gasteiger partial charge is 0.381 e. The second-order valence-corrected chi connectivity index (χ2v) is 6.64. The van der Waals surface area contributed by atoms with Crippen LogP contribution in [0.4, 0.5) is 0 Å². The minimum absolute atomic E-state index is 0.585. The highest BCUT2D eigenvalue weighted by Gasteiger charge is 2.11. The molecule has 18 heavy (non-hydrogen) atoms. The van der Waals surface area contributed by atoms with Crippen LogP contribution in [0.2, 0.25) is 0 Å². The summed E-state index contributed by atoms with van der Waals surface area (Å²) in [7, 11) is 0. The predicted octanol–water partition coefficient (Wildman–Crippen LogP) is 4.10. The summed E-state index contributed by atoms with van der Waals surface area (Å²) < 4.78 is 5.74. The van der Waals surface area contributed by atoms with E-state index in [9.17, 15) is 0 Å². The molecule has 0 aromatic rings. The van der Waals surface area contributed by atoms with Gasteiger partial charge in [0.1, 0.15) is 0 Å². The Kier molecular flexibility index (Phi) is 10.8. The lowest BCUT2D eigenvalue weighted by Gasteiger charge is -2.21. The first kappa shape index (κ1) is 17.9. The molecule has 2 nitrogen and oxygen atoms in total. The Labute approximate surface area is 115 Å². The number of ether oxygens (including phenoxy) is 1. The van der Waals surface area contributed by atoms with Gasteiger partial charge < -0.3 is 10.1 Å². The fourth-order valence-electron chi connectivity index (χ4n) is 2.04. The zero-order valence-corrected chi connectivity index (χ0v) is 13.5. The van der Waals surface area contributed by atoms with Crippen LogP contribution in [0, 0.1) is 17.8 Å². The Morgan fingerprint density at radius 2 is 1.44 bits per heavy atom. The fourth-order valence-corrected chi connectivity index (χ4v) is 2.04. The van der Waals surface area contributed by atoms with Gasteiger partial charge in [0.15, 0.2) is 0 Å². The number of hydrogen-bond donors (Lipinski definition) is 1. The summed E-state index contributed by atoms with van der Waals surface area (Å²) >= 11 is 0. The monoisotopic (exact) mass is 257 g/mol. The lowest BCUT2D eigenvalue weighted by atomic mass is 9.94. The van der Waals surface area contributed by atoms with Crippen molar-refractivity contribution < 1.29 is 4.74 Å². The van der Waals surface area contributed by atoms with Gasteiger partial charge in [0.25, 0.3) is 0 Å². The van der Waals surface area contributed by atoms with Crippen molar-refractivity contribution in [3.05, 3.63) is 0 Å². The molecule has 0 radical (unpaired) electrons. The van der Waals surface area contributed by atoms with Gasteiger partial charge in [0.05, 0.1) is 0 Å². The molecule has 0 aliphatic rings. The first-order chi connectivity index (χ1) is 8.41. The van der Waals surface area contributed by atoms with Crippen molar-refractivity contribution in [2.24, 2.45) is 17.8 Å². The first-order valence-corrected chi connectivity index (χ1v) is 7.72. The molecule has 0 saturated heterocycles. The molecule has 0 aromatic carbocycles. The van der Waals surface area contributed by atoms with E-state index in [0.717, 1.165) is 37.5 Å². The molecule has 1 unspecified atom stereocenters. The van der Waals surface area contributed by atoms with Gasteiger partial charge in [0, 0.05) is 19.3 Å². The maximum atomic E-state index is 5.74. The molecule has 0 heterocycles. The zero-order valence-electron chi connectivity index (χ0n) is 13.5. The Bertz CT molecular complexity index is 178. The molecule has 0 fully saturated rings. The molecule has 2 heteroatoms. The highest BCUT2D eigenvalue weighted by atomic mass is 16.5. The lowest BCUT2D eigenvalue weighted by Crippen LogP contribution is -2.30. The van der Waals surface area contributed by atoms with E-state index >= 15 is 0 Å². The van der Waals surface area contributed by atoms with Crippen LogP contribution in [0.15, 0.2) is 0 Å². The second-order valence-electron chi connectivity index (χ2n) is 6.64. The van der Waals surface area contributed by atoms with Crippen molar-refractivity contribution in [2.45, 2.75) is 66.8 Å². The van der Waals surface area contributed by atoms with Gasteiger partial charge in [-0.1, -0.05) is 41.5 Å². The van der Waals surface area contributed by atoms with Crippen LogP contribution < -0.4 is 5.32 Å². The van der Waals surface area contributed by atoms with E-state index in [1.165, 1.54) is 19.3 Å². The van der Waals surface area contributed by atoms with Gasteiger partial charge in [-0.15, -0.1) is 0 Å². The van der Waals surface area contributed by atoms with Gasteiger partial charge in [-0.3, -0.25) is 0 Å². The second kappa shape index (κ2) is 10.8. The lowest BCUT2D eigenvalue weighted by molar-refractivity contribution is 0.107. The molecule has 0 aromatic heterocycles. The highest BCUT2D eigenvalue weighted by molar-refractivity contribution is 4.66. The van der Waals surface area contributed by atoms with Gasteiger partial charge in [-0.05, 0) is 43.6 Å². The van der Waals surface area contributed by atoms with E-state index in [1.54, 1.807) is 0 Å². The van der Waals surface area contributed by atoms with Gasteiger partial charge in [-0.25, -0.2) is 0 Å². The van der Waals surface area contributed by atoms with Crippen LogP contribution >= 0.6 is 0 Å². The quantitative estimate of drug-likeness (QED) is 0.563. The number of hydrogen-bond acceptors (Lipinski definition) is 2. The molecule has 0 rings (SSSR count). The van der Waals surface area contributed by atoms with Gasteiger partial charge in [0.2, 0.25) is 0 Å². The number of rotatable bonds is 11. The summed E-state index contributed by atoms with van der Waals surface area (Å²) in [5.41, 5.74) is 0. The zero-order chi connectivity index (χ0) is 14.0. The van der Waals surface area contributed by atoms with E-state index in [4.69, 9.17) is 4.74 Å². The average Bonchev–Trinajstić information content (AvgIpc) is 2.23. The summed E-state index contributed by atoms with van der Waals surface area (Å²) in [6.45, 7) is 16.5. The minimum atomic E-state index is 0.585. The van der Waals surface area contributed by atoms with Crippen LogP contribution in [-0.2, 0) is 4.74 Å². The molecule has 0 spiro atoms. The maximum absolute atomic E-state index is 5.74. The normalized spacial score (nSPS) is 13.8. The minimum Gasteiger partial charge on any atom is -0.381 e. The van der Waals surface area contributed by atoms with Crippen molar-refractivity contribution in [1.82, 2.24) is 5.32 Å². The van der Waals surface area contributed by atoms with Crippen LogP contribution in [0.3, 0.4) is 0 Å². The van der Waals surface area contributed by atoms with E-state index < -0.39 is 0 Å². The smallest absolute Gasteiger partial charge is 0.0469 e. The third kappa shape index (κ3) is 12.4. The molecule has 0 aliphatic heterocycles. The highest BCUT2D eigenvalue weighted by Crippen LogP contribution is 2.15. The van der Waals surface area contributed by atoms with E-state index in [2.05, 4.69) is 46.9 Å². The topological polar surface area (TPSA) is 21.3 Å². The van der Waals surface area contributed by atoms with E-state index in [1.807, 2.05) is 0 Å². The average molecular weight is 257 g/mol. The van der Waals surface area contributed by atoms with Crippen molar-refractivity contribution in [3.8, 4) is 0 Å². The van der Waals surface area contributed by atoms with Crippen LogP contribution in [-0.4, -0.2) is 25.8 Å². The summed E-state index contributed by atoms with van der Waals surface area (Å²) in [5, 5.41) is 3.55. The maximum Gasteiger partial charge on any atom is 0.0469 e. The van der Waals surface area contributed by atoms with Crippen molar-refractivity contribution in [3.63, 3.8) is 0 Å². The SMILES string of the molecule is CC(C)CCOCCC(CNC(C)C)CC(C)C. The third-order valence-electron chi connectivity index (χ3n) is 3.13. The molecular formula is C16H35NO. The Balaban J connectivity index is 3.72. The summed E-state index contributed by atoms with van der Waals surface area (Å²) in [6.07, 6.45) is 3.67. The molecule has 0 bridgehead atoms. The molecule has 0 saturated carbocycles. The molecule has 0 aliphatic carbocycles. The molecule has 1 N–H and O–H groups in total. The predicted molar refractivity (Wildman–Crippen MR) is 81.0 cm³/mol. The van der Waals surface area contributed by atoms with Crippen LogP contribution in [0.5, 0.6) is 0 Å². The summed E-state index contributed by atoms with van der Waals surface area (Å²) in [6, 6.07) is 0.585.